The quantitative estimate of drug-likeness (QED) is 0.638. The molecule has 1 aliphatic rings. The first kappa shape index (κ1) is 20.7. The van der Waals surface area contributed by atoms with E-state index in [-0.39, 0.29) is 24.3 Å². The molecule has 2 N–H and O–H groups in total. The Bertz CT molecular complexity index is 848. The first-order chi connectivity index (χ1) is 13.5. The second kappa shape index (κ2) is 9.94. The summed E-state index contributed by atoms with van der Waals surface area (Å²) >= 11 is 11.9. The minimum atomic E-state index is -0.149. The van der Waals surface area contributed by atoms with Crippen LogP contribution in [0.5, 0.6) is 0 Å². The first-order valence-corrected chi connectivity index (χ1v) is 10.4. The maximum Gasteiger partial charge on any atom is 0.253 e. The Morgan fingerprint density at radius 3 is 2.46 bits per heavy atom. The number of rotatable bonds is 6. The predicted octanol–water partition coefficient (Wildman–Crippen LogP) is 5.63. The summed E-state index contributed by atoms with van der Waals surface area (Å²) in [5.74, 6) is -0.281. The number of aryl methyl sites for hydroxylation is 1. The fourth-order valence-electron chi connectivity index (χ4n) is 3.47. The van der Waals surface area contributed by atoms with Gasteiger partial charge in [-0.15, -0.1) is 0 Å². The number of hydrogen-bond donors (Lipinski definition) is 2. The van der Waals surface area contributed by atoms with Crippen molar-refractivity contribution in [2.45, 2.75) is 51.0 Å². The third kappa shape index (κ3) is 5.73. The molecule has 0 radical (unpaired) electrons. The van der Waals surface area contributed by atoms with Crippen molar-refractivity contribution in [1.82, 2.24) is 5.32 Å². The van der Waals surface area contributed by atoms with Crippen molar-refractivity contribution in [2.24, 2.45) is 0 Å². The molecule has 0 spiro atoms. The largest absolute Gasteiger partial charge is 0.349 e. The number of hydrogen-bond acceptors (Lipinski definition) is 2. The third-order valence-corrected chi connectivity index (χ3v) is 5.75. The van der Waals surface area contributed by atoms with Crippen molar-refractivity contribution in [3.8, 4) is 0 Å². The van der Waals surface area contributed by atoms with Crippen LogP contribution in [0.15, 0.2) is 42.5 Å². The number of halogens is 2. The van der Waals surface area contributed by atoms with Crippen molar-refractivity contribution in [2.75, 3.05) is 5.32 Å². The van der Waals surface area contributed by atoms with E-state index in [1.807, 2.05) is 12.1 Å². The lowest BCUT2D eigenvalue weighted by Gasteiger charge is -2.23. The van der Waals surface area contributed by atoms with E-state index in [2.05, 4.69) is 10.6 Å². The lowest BCUT2D eigenvalue weighted by atomic mass is 9.95. The summed E-state index contributed by atoms with van der Waals surface area (Å²) in [6.07, 6.45) is 6.40. The second-order valence-corrected chi connectivity index (χ2v) is 7.97. The molecule has 4 nitrogen and oxygen atoms in total. The second-order valence-electron chi connectivity index (χ2n) is 7.15. The Morgan fingerprint density at radius 1 is 0.964 bits per heavy atom. The summed E-state index contributed by atoms with van der Waals surface area (Å²) in [7, 11) is 0. The van der Waals surface area contributed by atoms with Gasteiger partial charge in [0.05, 0.1) is 21.3 Å². The minimum absolute atomic E-state index is 0.132. The highest BCUT2D eigenvalue weighted by molar-refractivity contribution is 6.42. The number of amides is 2. The molecule has 0 aromatic heterocycles. The molecule has 0 heterocycles. The van der Waals surface area contributed by atoms with E-state index in [4.69, 9.17) is 23.2 Å². The van der Waals surface area contributed by atoms with Crippen molar-refractivity contribution in [1.29, 1.82) is 0 Å². The highest BCUT2D eigenvalue weighted by atomic mass is 35.5. The van der Waals surface area contributed by atoms with Gasteiger partial charge in [-0.3, -0.25) is 9.59 Å². The minimum Gasteiger partial charge on any atom is -0.349 e. The molecule has 2 amide bonds. The van der Waals surface area contributed by atoms with Crippen LogP contribution in [0, 0.1) is 0 Å². The van der Waals surface area contributed by atoms with Crippen LogP contribution in [0.1, 0.15) is 54.4 Å². The van der Waals surface area contributed by atoms with Gasteiger partial charge in [-0.1, -0.05) is 60.7 Å². The maximum absolute atomic E-state index is 12.7. The molecular weight excluding hydrogens is 395 g/mol. The third-order valence-electron chi connectivity index (χ3n) is 5.01. The van der Waals surface area contributed by atoms with E-state index in [0.29, 0.717) is 27.7 Å². The van der Waals surface area contributed by atoms with Crippen LogP contribution in [0.4, 0.5) is 5.69 Å². The Labute approximate surface area is 175 Å². The highest BCUT2D eigenvalue weighted by Gasteiger charge is 2.19. The van der Waals surface area contributed by atoms with Gasteiger partial charge >= 0.3 is 0 Å². The van der Waals surface area contributed by atoms with Crippen LogP contribution in [-0.4, -0.2) is 17.9 Å². The lowest BCUT2D eigenvalue weighted by molar-refractivity contribution is -0.116. The van der Waals surface area contributed by atoms with E-state index < -0.39 is 0 Å². The van der Waals surface area contributed by atoms with Gasteiger partial charge in [-0.05, 0) is 49.1 Å². The Hall–Kier alpha value is -2.04. The van der Waals surface area contributed by atoms with E-state index in [1.165, 1.54) is 6.42 Å². The monoisotopic (exact) mass is 418 g/mol. The van der Waals surface area contributed by atoms with Gasteiger partial charge in [0, 0.05) is 12.5 Å². The van der Waals surface area contributed by atoms with Crippen LogP contribution in [0.3, 0.4) is 0 Å². The van der Waals surface area contributed by atoms with Crippen LogP contribution >= 0.6 is 23.2 Å². The zero-order valence-electron chi connectivity index (χ0n) is 15.6. The van der Waals surface area contributed by atoms with Crippen LogP contribution in [0.2, 0.25) is 10.0 Å². The fourth-order valence-corrected chi connectivity index (χ4v) is 3.79. The summed E-state index contributed by atoms with van der Waals surface area (Å²) in [6.45, 7) is 0. The molecule has 2 aromatic rings. The predicted molar refractivity (Wildman–Crippen MR) is 114 cm³/mol. The van der Waals surface area contributed by atoms with Gasteiger partial charge < -0.3 is 10.6 Å². The Balaban J connectivity index is 1.59. The van der Waals surface area contributed by atoms with Gasteiger partial charge in [-0.2, -0.15) is 0 Å². The van der Waals surface area contributed by atoms with Gasteiger partial charge in [0.2, 0.25) is 5.91 Å². The standard InChI is InChI=1S/C22H24Cl2N2O2/c23-18-12-10-15(14-19(18)24)11-13-21(27)26-20-9-5-4-8-17(20)22(28)25-16-6-2-1-3-7-16/h4-5,8-10,12,14,16H,1-3,6-7,11,13H2,(H,25,28)(H,26,27). The Morgan fingerprint density at radius 2 is 1.71 bits per heavy atom. The number of para-hydroxylation sites is 1. The molecule has 1 saturated carbocycles. The molecule has 0 aliphatic heterocycles. The summed E-state index contributed by atoms with van der Waals surface area (Å²) < 4.78 is 0. The van der Waals surface area contributed by atoms with E-state index in [1.54, 1.807) is 30.3 Å². The molecule has 0 atom stereocenters. The summed E-state index contributed by atoms with van der Waals surface area (Å²) in [6, 6.07) is 12.7. The number of nitrogens with one attached hydrogen (secondary N) is 2. The van der Waals surface area contributed by atoms with Crippen molar-refractivity contribution in [3.05, 3.63) is 63.6 Å². The average molecular weight is 419 g/mol. The van der Waals surface area contributed by atoms with Gasteiger partial charge in [0.25, 0.3) is 5.91 Å². The van der Waals surface area contributed by atoms with Crippen molar-refractivity contribution >= 4 is 40.7 Å². The number of carbonyl (C=O) groups excluding carboxylic acids is 2. The topological polar surface area (TPSA) is 58.2 Å². The molecule has 6 heteroatoms. The normalized spacial score (nSPS) is 14.5. The van der Waals surface area contributed by atoms with Gasteiger partial charge in [0.15, 0.2) is 0 Å². The smallest absolute Gasteiger partial charge is 0.253 e. The molecule has 1 aliphatic carbocycles. The maximum atomic E-state index is 12.7. The zero-order chi connectivity index (χ0) is 19.9. The van der Waals surface area contributed by atoms with Gasteiger partial charge in [0.1, 0.15) is 0 Å². The lowest BCUT2D eigenvalue weighted by Crippen LogP contribution is -2.36. The molecule has 2 aromatic carbocycles. The average Bonchev–Trinajstić information content (AvgIpc) is 2.70. The Kier molecular flexibility index (Phi) is 7.35. The SMILES string of the molecule is O=C(CCc1ccc(Cl)c(Cl)c1)Nc1ccccc1C(=O)NC1CCCCC1. The number of carbonyl (C=O) groups is 2. The van der Waals surface area contributed by atoms with E-state index in [9.17, 15) is 9.59 Å². The summed E-state index contributed by atoms with van der Waals surface area (Å²) in [5.41, 5.74) is 1.97. The van der Waals surface area contributed by atoms with Crippen molar-refractivity contribution in [3.63, 3.8) is 0 Å². The van der Waals surface area contributed by atoms with Crippen molar-refractivity contribution < 1.29 is 9.59 Å². The molecule has 28 heavy (non-hydrogen) atoms. The van der Waals surface area contributed by atoms with Gasteiger partial charge in [-0.25, -0.2) is 0 Å². The molecule has 0 saturated heterocycles. The van der Waals surface area contributed by atoms with E-state index in [0.717, 1.165) is 31.2 Å². The fraction of sp³-hybridized carbons (Fsp3) is 0.364. The molecule has 148 valence electrons. The van der Waals surface area contributed by atoms with Crippen LogP contribution in [-0.2, 0) is 11.2 Å². The summed E-state index contributed by atoms with van der Waals surface area (Å²) in [5, 5.41) is 6.94. The summed E-state index contributed by atoms with van der Waals surface area (Å²) in [4.78, 5) is 25.1. The molecule has 1 fully saturated rings. The molecule has 0 unspecified atom stereocenters. The van der Waals surface area contributed by atoms with Crippen LogP contribution < -0.4 is 10.6 Å². The van der Waals surface area contributed by atoms with E-state index >= 15 is 0 Å². The number of benzene rings is 2. The zero-order valence-corrected chi connectivity index (χ0v) is 17.2. The molecular formula is C22H24Cl2N2O2. The molecule has 3 rings (SSSR count). The highest BCUT2D eigenvalue weighted by Crippen LogP contribution is 2.24. The number of anilines is 1. The first-order valence-electron chi connectivity index (χ1n) is 9.66. The van der Waals surface area contributed by atoms with Crippen LogP contribution in [0.25, 0.3) is 0 Å². The molecule has 0 bridgehead atoms.